The predicted molar refractivity (Wildman–Crippen MR) is 97.2 cm³/mol. The number of hydrogen-bond acceptors (Lipinski definition) is 7. The zero-order chi connectivity index (χ0) is 20.3. The lowest BCUT2D eigenvalue weighted by Crippen LogP contribution is -2.35. The molecule has 1 aliphatic heterocycles. The van der Waals surface area contributed by atoms with Crippen molar-refractivity contribution in [1.29, 1.82) is 0 Å². The van der Waals surface area contributed by atoms with Gasteiger partial charge in [-0.25, -0.2) is 27.5 Å². The smallest absolute Gasteiger partial charge is 0.261 e. The van der Waals surface area contributed by atoms with E-state index in [0.717, 1.165) is 6.20 Å². The van der Waals surface area contributed by atoms with Crippen LogP contribution in [-0.2, 0) is 14.8 Å². The molecular weight excluding hydrogens is 391 g/mol. The topological polar surface area (TPSA) is 120 Å². The summed E-state index contributed by atoms with van der Waals surface area (Å²) in [5, 5.41) is 2.41. The van der Waals surface area contributed by atoms with E-state index in [1.165, 1.54) is 32.2 Å². The molecule has 2 aromatic rings. The molecule has 0 bridgehead atoms. The molecule has 3 rings (SSSR count). The summed E-state index contributed by atoms with van der Waals surface area (Å²) in [5.74, 6) is -1.24. The molecule has 2 heterocycles. The van der Waals surface area contributed by atoms with E-state index in [4.69, 9.17) is 9.47 Å². The van der Waals surface area contributed by atoms with Crippen LogP contribution in [0.1, 0.15) is 22.5 Å². The lowest BCUT2D eigenvalue weighted by Gasteiger charge is -2.14. The van der Waals surface area contributed by atoms with Crippen LogP contribution in [0.25, 0.3) is 0 Å². The van der Waals surface area contributed by atoms with Gasteiger partial charge in [-0.15, -0.1) is 0 Å². The molecule has 1 atom stereocenters. The van der Waals surface area contributed by atoms with E-state index in [0.29, 0.717) is 19.6 Å². The van der Waals surface area contributed by atoms with Crippen molar-refractivity contribution in [3.63, 3.8) is 0 Å². The monoisotopic (exact) mass is 410 g/mol. The second-order valence-corrected chi connectivity index (χ2v) is 7.84. The summed E-state index contributed by atoms with van der Waals surface area (Å²) in [4.78, 5) is 20.0. The molecule has 1 unspecified atom stereocenters. The van der Waals surface area contributed by atoms with E-state index in [9.17, 15) is 17.6 Å². The number of nitrogens with zero attached hydrogens (tertiary/aromatic N) is 2. The number of carbonyl (C=O) groups is 1. The van der Waals surface area contributed by atoms with Gasteiger partial charge in [0.05, 0.1) is 36.1 Å². The van der Waals surface area contributed by atoms with Crippen molar-refractivity contribution in [3.05, 3.63) is 41.5 Å². The van der Waals surface area contributed by atoms with Crippen LogP contribution in [0.15, 0.2) is 29.3 Å². The van der Waals surface area contributed by atoms with Gasteiger partial charge in [-0.2, -0.15) is 0 Å². The maximum absolute atomic E-state index is 13.3. The van der Waals surface area contributed by atoms with Crippen LogP contribution in [0.4, 0.5) is 10.3 Å². The predicted octanol–water partition coefficient (Wildman–Crippen LogP) is 1.25. The van der Waals surface area contributed by atoms with Gasteiger partial charge < -0.3 is 9.47 Å². The van der Waals surface area contributed by atoms with Gasteiger partial charge in [0.1, 0.15) is 5.75 Å². The van der Waals surface area contributed by atoms with E-state index in [-0.39, 0.29) is 33.9 Å². The number of ether oxygens (including phenoxy) is 2. The zero-order valence-electron chi connectivity index (χ0n) is 15.2. The van der Waals surface area contributed by atoms with Crippen LogP contribution in [0.2, 0.25) is 0 Å². The molecule has 0 spiro atoms. The van der Waals surface area contributed by atoms with Crippen LogP contribution in [-0.4, -0.2) is 50.7 Å². The molecule has 9 nitrogen and oxygen atoms in total. The van der Waals surface area contributed by atoms with Crippen molar-refractivity contribution in [1.82, 2.24) is 14.7 Å². The number of nitrogens with one attached hydrogen (secondary N) is 2. The highest BCUT2D eigenvalue weighted by atomic mass is 32.2. The molecule has 0 radical (unpaired) electrons. The van der Waals surface area contributed by atoms with Gasteiger partial charge in [-0.1, -0.05) is 0 Å². The highest BCUT2D eigenvalue weighted by Gasteiger charge is 2.25. The first-order chi connectivity index (χ1) is 13.3. The average Bonchev–Trinajstić information content (AvgIpc) is 3.16. The number of aromatic nitrogens is 2. The minimum atomic E-state index is -3.86. The summed E-state index contributed by atoms with van der Waals surface area (Å²) in [5.41, 5.74) is 0.0372. The maximum Gasteiger partial charge on any atom is 0.261 e. The van der Waals surface area contributed by atoms with Gasteiger partial charge in [0.15, 0.2) is 5.82 Å². The second-order valence-electron chi connectivity index (χ2n) is 6.12. The molecule has 1 saturated heterocycles. The Morgan fingerprint density at radius 1 is 1.39 bits per heavy atom. The molecule has 11 heteroatoms. The fourth-order valence-corrected chi connectivity index (χ4v) is 3.91. The normalized spacial score (nSPS) is 16.8. The van der Waals surface area contributed by atoms with Crippen molar-refractivity contribution in [3.8, 4) is 5.75 Å². The van der Waals surface area contributed by atoms with E-state index in [2.05, 4.69) is 20.0 Å². The van der Waals surface area contributed by atoms with Gasteiger partial charge in [-0.05, 0) is 31.5 Å². The third kappa shape index (κ3) is 4.43. The number of halogens is 1. The Hall–Kier alpha value is -2.63. The number of aryl methyl sites for hydroxylation is 1. The summed E-state index contributed by atoms with van der Waals surface area (Å²) in [6.07, 6.45) is 1.51. The fraction of sp³-hybridized carbons (Fsp3) is 0.353. The highest BCUT2D eigenvalue weighted by molar-refractivity contribution is 7.89. The summed E-state index contributed by atoms with van der Waals surface area (Å²) in [7, 11) is -2.50. The number of hydrogen-bond donors (Lipinski definition) is 2. The molecule has 2 N–H and O–H groups in total. The second kappa shape index (κ2) is 8.17. The quantitative estimate of drug-likeness (QED) is 0.735. The average molecular weight is 410 g/mol. The van der Waals surface area contributed by atoms with Crippen LogP contribution < -0.4 is 14.8 Å². The Bertz CT molecular complexity index is 993. The van der Waals surface area contributed by atoms with Gasteiger partial charge in [0.2, 0.25) is 16.0 Å². The maximum atomic E-state index is 13.3. The number of amides is 1. The zero-order valence-corrected chi connectivity index (χ0v) is 16.0. The lowest BCUT2D eigenvalue weighted by atomic mass is 10.2. The molecule has 0 aliphatic carbocycles. The summed E-state index contributed by atoms with van der Waals surface area (Å²) < 4.78 is 51.4. The Balaban J connectivity index is 1.87. The number of rotatable bonds is 6. The van der Waals surface area contributed by atoms with Gasteiger partial charge in [-0.3, -0.25) is 10.1 Å². The van der Waals surface area contributed by atoms with Crippen LogP contribution in [0.3, 0.4) is 0 Å². The van der Waals surface area contributed by atoms with Crippen LogP contribution in [0, 0.1) is 12.7 Å². The summed E-state index contributed by atoms with van der Waals surface area (Å²) >= 11 is 0. The highest BCUT2D eigenvalue weighted by Crippen LogP contribution is 2.24. The third-order valence-electron chi connectivity index (χ3n) is 4.12. The Morgan fingerprint density at radius 2 is 2.18 bits per heavy atom. The van der Waals surface area contributed by atoms with E-state index in [1.807, 2.05) is 0 Å². The van der Waals surface area contributed by atoms with Crippen LogP contribution in [0.5, 0.6) is 5.75 Å². The van der Waals surface area contributed by atoms with Crippen molar-refractivity contribution < 1.29 is 27.1 Å². The van der Waals surface area contributed by atoms with E-state index in [1.54, 1.807) is 0 Å². The molecule has 150 valence electrons. The summed E-state index contributed by atoms with van der Waals surface area (Å²) in [6.45, 7) is 2.21. The lowest BCUT2D eigenvalue weighted by molar-refractivity contribution is 0.102. The Labute approximate surface area is 161 Å². The standard InChI is InChI=1S/C17H19FN4O5S/c1-10-14(18)8-19-17(20-10)21-16(23)13-7-12(3-4-15(13)26-2)28(24,25)22-11-5-6-27-9-11/h3-4,7-8,11,22H,5-6,9H2,1-2H3,(H,19,20,21,23). The molecule has 28 heavy (non-hydrogen) atoms. The SMILES string of the molecule is COc1ccc(S(=O)(=O)NC2CCOC2)cc1C(=O)Nc1ncc(F)c(C)n1. The Morgan fingerprint density at radius 3 is 2.82 bits per heavy atom. The van der Waals surface area contributed by atoms with Crippen molar-refractivity contribution >= 4 is 21.9 Å². The third-order valence-corrected chi connectivity index (χ3v) is 5.64. The van der Waals surface area contributed by atoms with Crippen LogP contribution >= 0.6 is 0 Å². The van der Waals surface area contributed by atoms with E-state index < -0.39 is 21.7 Å². The first-order valence-electron chi connectivity index (χ1n) is 8.39. The van der Waals surface area contributed by atoms with Crippen molar-refractivity contribution in [2.24, 2.45) is 0 Å². The minimum Gasteiger partial charge on any atom is -0.496 e. The molecule has 1 fully saturated rings. The van der Waals surface area contributed by atoms with Crippen molar-refractivity contribution in [2.45, 2.75) is 24.3 Å². The number of sulfonamides is 1. The Kier molecular flexibility index (Phi) is 5.87. The number of carbonyl (C=O) groups excluding carboxylic acids is 1. The minimum absolute atomic E-state index is 0.0291. The van der Waals surface area contributed by atoms with Gasteiger partial charge in [0, 0.05) is 12.6 Å². The fourth-order valence-electron chi connectivity index (χ4n) is 2.63. The molecule has 1 aliphatic rings. The van der Waals surface area contributed by atoms with Gasteiger partial charge >= 0.3 is 0 Å². The first-order valence-corrected chi connectivity index (χ1v) is 9.87. The van der Waals surface area contributed by atoms with Crippen molar-refractivity contribution in [2.75, 3.05) is 25.6 Å². The molecule has 1 amide bonds. The summed E-state index contributed by atoms with van der Waals surface area (Å²) in [6, 6.07) is 3.60. The largest absolute Gasteiger partial charge is 0.496 e. The first kappa shape index (κ1) is 20.1. The molecule has 1 aromatic heterocycles. The number of methoxy groups -OCH3 is 1. The number of anilines is 1. The van der Waals surface area contributed by atoms with Gasteiger partial charge in [0.25, 0.3) is 5.91 Å². The number of benzene rings is 1. The molecule has 0 saturated carbocycles. The van der Waals surface area contributed by atoms with E-state index >= 15 is 0 Å². The molecule has 1 aromatic carbocycles. The molecular formula is C17H19FN4O5S.